The fourth-order valence-electron chi connectivity index (χ4n) is 1.10. The minimum absolute atomic E-state index is 0.114. The summed E-state index contributed by atoms with van der Waals surface area (Å²) in [6.07, 6.45) is 1.99. The third-order valence-corrected chi connectivity index (χ3v) is 3.04. The highest BCUT2D eigenvalue weighted by molar-refractivity contribution is 7.98. The molecule has 16 heavy (non-hydrogen) atoms. The lowest BCUT2D eigenvalue weighted by atomic mass is 9.91. The molecule has 0 N–H and O–H groups in total. The number of thioether (sulfide) groups is 1. The largest absolute Gasteiger partial charge is 0.485 e. The van der Waals surface area contributed by atoms with Gasteiger partial charge in [-0.2, -0.15) is 0 Å². The van der Waals surface area contributed by atoms with Crippen LogP contribution in [0.4, 0.5) is 0 Å². The van der Waals surface area contributed by atoms with Crippen molar-refractivity contribution in [2.24, 2.45) is 5.41 Å². The zero-order chi connectivity index (χ0) is 12.2. The number of hydrogen-bond acceptors (Lipinski definition) is 3. The lowest BCUT2D eigenvalue weighted by molar-refractivity contribution is -0.128. The topological polar surface area (TPSA) is 26.3 Å². The van der Waals surface area contributed by atoms with Gasteiger partial charge in [0.1, 0.15) is 12.4 Å². The van der Waals surface area contributed by atoms with E-state index in [-0.39, 0.29) is 17.8 Å². The van der Waals surface area contributed by atoms with Crippen molar-refractivity contribution in [1.82, 2.24) is 0 Å². The van der Waals surface area contributed by atoms with Crippen LogP contribution in [0.25, 0.3) is 0 Å². The molecule has 88 valence electrons. The monoisotopic (exact) mass is 238 g/mol. The molecule has 0 unspecified atom stereocenters. The van der Waals surface area contributed by atoms with Gasteiger partial charge in [-0.15, -0.1) is 11.8 Å². The average Bonchev–Trinajstić information content (AvgIpc) is 2.24. The molecule has 0 bridgehead atoms. The minimum Gasteiger partial charge on any atom is -0.485 e. The van der Waals surface area contributed by atoms with Crippen LogP contribution in [-0.2, 0) is 4.79 Å². The van der Waals surface area contributed by atoms with Gasteiger partial charge in [0, 0.05) is 10.3 Å². The third-order valence-electron chi connectivity index (χ3n) is 2.26. The second kappa shape index (κ2) is 5.39. The molecule has 1 aromatic rings. The summed E-state index contributed by atoms with van der Waals surface area (Å²) in [5, 5.41) is 0. The molecule has 0 amide bonds. The van der Waals surface area contributed by atoms with E-state index in [1.807, 2.05) is 51.3 Å². The fraction of sp³-hybridized carbons (Fsp3) is 0.462. The Hall–Kier alpha value is -0.960. The van der Waals surface area contributed by atoms with Crippen LogP contribution in [0.2, 0.25) is 0 Å². The molecule has 0 saturated heterocycles. The summed E-state index contributed by atoms with van der Waals surface area (Å²) in [4.78, 5) is 12.8. The number of Topliss-reactive ketones (excluding diaryl/α,β-unsaturated/α-hetero) is 1. The molecule has 0 aliphatic heterocycles. The first-order chi connectivity index (χ1) is 7.45. The lowest BCUT2D eigenvalue weighted by Crippen LogP contribution is -2.26. The molecule has 0 radical (unpaired) electrons. The maximum Gasteiger partial charge on any atom is 0.175 e. The van der Waals surface area contributed by atoms with Crippen molar-refractivity contribution < 1.29 is 9.53 Å². The minimum atomic E-state index is -0.339. The zero-order valence-corrected chi connectivity index (χ0v) is 11.1. The van der Waals surface area contributed by atoms with Crippen molar-refractivity contribution in [3.8, 4) is 5.75 Å². The van der Waals surface area contributed by atoms with Crippen molar-refractivity contribution in [3.05, 3.63) is 24.3 Å². The van der Waals surface area contributed by atoms with E-state index in [4.69, 9.17) is 4.74 Å². The van der Waals surface area contributed by atoms with Crippen LogP contribution >= 0.6 is 11.8 Å². The van der Waals surface area contributed by atoms with Crippen molar-refractivity contribution in [1.29, 1.82) is 0 Å². The second-order valence-electron chi connectivity index (χ2n) is 4.61. The average molecular weight is 238 g/mol. The molecular formula is C13H18O2S. The van der Waals surface area contributed by atoms with Crippen LogP contribution < -0.4 is 4.74 Å². The summed E-state index contributed by atoms with van der Waals surface area (Å²) in [5.41, 5.74) is -0.339. The second-order valence-corrected chi connectivity index (χ2v) is 5.46. The van der Waals surface area contributed by atoms with Gasteiger partial charge in [0.25, 0.3) is 0 Å². The molecular weight excluding hydrogens is 220 g/mol. The number of para-hydroxylation sites is 1. The maximum atomic E-state index is 11.7. The summed E-state index contributed by atoms with van der Waals surface area (Å²) >= 11 is 1.62. The Labute approximate surface area is 101 Å². The number of benzene rings is 1. The third kappa shape index (κ3) is 3.56. The molecule has 1 rings (SSSR count). The Bertz CT molecular complexity index is 366. The van der Waals surface area contributed by atoms with Crippen molar-refractivity contribution in [2.75, 3.05) is 12.9 Å². The summed E-state index contributed by atoms with van der Waals surface area (Å²) in [6, 6.07) is 7.75. The van der Waals surface area contributed by atoms with Crippen molar-refractivity contribution in [2.45, 2.75) is 25.7 Å². The van der Waals surface area contributed by atoms with Gasteiger partial charge in [0.2, 0.25) is 0 Å². The predicted octanol–water partition coefficient (Wildman–Crippen LogP) is 3.40. The van der Waals surface area contributed by atoms with Gasteiger partial charge >= 0.3 is 0 Å². The van der Waals surface area contributed by atoms with Gasteiger partial charge in [-0.3, -0.25) is 4.79 Å². The number of carbonyl (C=O) groups is 1. The summed E-state index contributed by atoms with van der Waals surface area (Å²) < 4.78 is 5.55. The van der Waals surface area contributed by atoms with E-state index in [1.165, 1.54) is 0 Å². The van der Waals surface area contributed by atoms with Crippen LogP contribution in [0, 0.1) is 5.41 Å². The van der Waals surface area contributed by atoms with E-state index in [0.717, 1.165) is 10.6 Å². The predicted molar refractivity (Wildman–Crippen MR) is 68.2 cm³/mol. The molecule has 3 heteroatoms. The normalized spacial score (nSPS) is 11.2. The maximum absolute atomic E-state index is 11.7. The highest BCUT2D eigenvalue weighted by atomic mass is 32.2. The first kappa shape index (κ1) is 13.1. The lowest BCUT2D eigenvalue weighted by Gasteiger charge is -2.17. The van der Waals surface area contributed by atoms with Gasteiger partial charge in [-0.05, 0) is 18.4 Å². The van der Waals surface area contributed by atoms with Crippen LogP contribution in [0.1, 0.15) is 20.8 Å². The Morgan fingerprint density at radius 3 is 2.50 bits per heavy atom. The summed E-state index contributed by atoms with van der Waals surface area (Å²) in [5.74, 6) is 0.899. The van der Waals surface area contributed by atoms with E-state index in [0.29, 0.717) is 0 Å². The molecule has 0 fully saturated rings. The van der Waals surface area contributed by atoms with Gasteiger partial charge in [-0.1, -0.05) is 32.9 Å². The highest BCUT2D eigenvalue weighted by Crippen LogP contribution is 2.27. The van der Waals surface area contributed by atoms with E-state index in [1.54, 1.807) is 11.8 Å². The van der Waals surface area contributed by atoms with Gasteiger partial charge in [0.15, 0.2) is 5.78 Å². The Kier molecular flexibility index (Phi) is 4.42. The van der Waals surface area contributed by atoms with Crippen molar-refractivity contribution in [3.63, 3.8) is 0 Å². The van der Waals surface area contributed by atoms with E-state index in [9.17, 15) is 4.79 Å². The summed E-state index contributed by atoms with van der Waals surface area (Å²) in [6.45, 7) is 5.85. The Balaban J connectivity index is 2.65. The van der Waals surface area contributed by atoms with E-state index < -0.39 is 0 Å². The number of ether oxygens (including phenoxy) is 1. The van der Waals surface area contributed by atoms with Gasteiger partial charge in [-0.25, -0.2) is 0 Å². The smallest absolute Gasteiger partial charge is 0.175 e. The van der Waals surface area contributed by atoms with E-state index in [2.05, 4.69) is 0 Å². The van der Waals surface area contributed by atoms with Crippen LogP contribution in [-0.4, -0.2) is 18.6 Å². The number of rotatable bonds is 4. The quantitative estimate of drug-likeness (QED) is 0.752. The molecule has 1 aromatic carbocycles. The fourth-order valence-corrected chi connectivity index (χ4v) is 1.64. The number of hydrogen-bond donors (Lipinski definition) is 0. The van der Waals surface area contributed by atoms with Crippen LogP contribution in [0.5, 0.6) is 5.75 Å². The Morgan fingerprint density at radius 2 is 1.94 bits per heavy atom. The molecule has 0 heterocycles. The Morgan fingerprint density at radius 1 is 1.31 bits per heavy atom. The zero-order valence-electron chi connectivity index (χ0n) is 10.2. The number of carbonyl (C=O) groups excluding carboxylic acids is 1. The molecule has 0 saturated carbocycles. The number of ketones is 1. The molecule has 0 spiro atoms. The molecule has 2 nitrogen and oxygen atoms in total. The molecule has 0 aliphatic rings. The summed E-state index contributed by atoms with van der Waals surface area (Å²) in [7, 11) is 0. The highest BCUT2D eigenvalue weighted by Gasteiger charge is 2.21. The first-order valence-corrected chi connectivity index (χ1v) is 6.46. The van der Waals surface area contributed by atoms with Gasteiger partial charge in [0.05, 0.1) is 0 Å². The molecule has 0 atom stereocenters. The molecule has 0 aliphatic carbocycles. The first-order valence-electron chi connectivity index (χ1n) is 5.24. The van der Waals surface area contributed by atoms with Crippen molar-refractivity contribution >= 4 is 17.5 Å². The SMILES string of the molecule is CSc1ccccc1OCC(=O)C(C)(C)C. The van der Waals surface area contributed by atoms with Crippen LogP contribution in [0.3, 0.4) is 0 Å². The van der Waals surface area contributed by atoms with Gasteiger partial charge < -0.3 is 4.74 Å². The van der Waals surface area contributed by atoms with E-state index >= 15 is 0 Å². The molecule has 0 aromatic heterocycles. The standard InChI is InChI=1S/C13H18O2S/c1-13(2,3)12(14)9-15-10-7-5-6-8-11(10)16-4/h5-8H,9H2,1-4H3. The van der Waals surface area contributed by atoms with Crippen LogP contribution in [0.15, 0.2) is 29.2 Å².